The summed E-state index contributed by atoms with van der Waals surface area (Å²) in [5, 5.41) is 9.06. The zero-order valence-corrected chi connectivity index (χ0v) is 11.5. The Balaban J connectivity index is 2.40. The van der Waals surface area contributed by atoms with E-state index in [4.69, 9.17) is 10.8 Å². The number of aliphatic hydroxyl groups excluding tert-OH is 1. The molecule has 5 nitrogen and oxygen atoms in total. The first-order chi connectivity index (χ1) is 8.69. The van der Waals surface area contributed by atoms with Crippen molar-refractivity contribution in [1.29, 1.82) is 0 Å². The highest BCUT2D eigenvalue weighted by atomic mass is 16.3. The highest BCUT2D eigenvalue weighted by Crippen LogP contribution is 2.19. The maximum Gasteiger partial charge on any atom is 0.236 e. The van der Waals surface area contributed by atoms with Gasteiger partial charge in [0, 0.05) is 26.2 Å². The molecule has 106 valence electrons. The van der Waals surface area contributed by atoms with Crippen LogP contribution in [0, 0.1) is 0 Å². The molecule has 1 heterocycles. The Bertz CT molecular complexity index is 246. The van der Waals surface area contributed by atoms with Crippen LogP contribution in [-0.4, -0.2) is 66.7 Å². The van der Waals surface area contributed by atoms with Crippen molar-refractivity contribution in [2.45, 2.75) is 38.1 Å². The molecule has 1 amide bonds. The van der Waals surface area contributed by atoms with Crippen molar-refractivity contribution in [3.05, 3.63) is 0 Å². The lowest BCUT2D eigenvalue weighted by Gasteiger charge is -2.35. The molecule has 3 N–H and O–H groups in total. The number of piperidine rings is 1. The van der Waals surface area contributed by atoms with E-state index < -0.39 is 0 Å². The van der Waals surface area contributed by atoms with Gasteiger partial charge in [0.2, 0.25) is 5.91 Å². The number of hydrogen-bond donors (Lipinski definition) is 2. The summed E-state index contributed by atoms with van der Waals surface area (Å²) in [7, 11) is 1.84. The molecule has 0 radical (unpaired) electrons. The van der Waals surface area contributed by atoms with Crippen LogP contribution < -0.4 is 5.73 Å². The molecular formula is C13H27N3O2. The van der Waals surface area contributed by atoms with Crippen molar-refractivity contribution >= 4 is 5.91 Å². The van der Waals surface area contributed by atoms with Gasteiger partial charge >= 0.3 is 0 Å². The minimum absolute atomic E-state index is 0.160. The van der Waals surface area contributed by atoms with E-state index in [0.29, 0.717) is 19.1 Å². The molecule has 1 rings (SSSR count). The van der Waals surface area contributed by atoms with E-state index in [0.717, 1.165) is 38.8 Å². The minimum atomic E-state index is 0.160. The molecule has 0 aliphatic carbocycles. The van der Waals surface area contributed by atoms with Gasteiger partial charge in [0.1, 0.15) is 0 Å². The smallest absolute Gasteiger partial charge is 0.236 e. The van der Waals surface area contributed by atoms with Gasteiger partial charge in [0.15, 0.2) is 0 Å². The van der Waals surface area contributed by atoms with E-state index in [-0.39, 0.29) is 12.5 Å². The average Bonchev–Trinajstić information content (AvgIpc) is 2.38. The molecule has 1 aliphatic rings. The standard InChI is InChI=1S/C13H27N3O2/c1-15(8-4-7-14)13(18)11-16-9-3-2-5-12(16)6-10-17/h12,17H,2-11,14H2,1H3. The summed E-state index contributed by atoms with van der Waals surface area (Å²) in [5.41, 5.74) is 5.45. The van der Waals surface area contributed by atoms with Crippen molar-refractivity contribution in [3.63, 3.8) is 0 Å². The third kappa shape index (κ3) is 4.92. The Morgan fingerprint density at radius 3 is 2.94 bits per heavy atom. The summed E-state index contributed by atoms with van der Waals surface area (Å²) in [5.74, 6) is 0.160. The average molecular weight is 257 g/mol. The number of carbonyl (C=O) groups is 1. The molecule has 0 aromatic carbocycles. The van der Waals surface area contributed by atoms with E-state index in [9.17, 15) is 4.79 Å². The molecule has 18 heavy (non-hydrogen) atoms. The lowest BCUT2D eigenvalue weighted by atomic mass is 9.99. The highest BCUT2D eigenvalue weighted by molar-refractivity contribution is 5.78. The van der Waals surface area contributed by atoms with E-state index in [1.807, 2.05) is 7.05 Å². The molecule has 1 aliphatic heterocycles. The van der Waals surface area contributed by atoms with E-state index in [1.165, 1.54) is 6.42 Å². The van der Waals surface area contributed by atoms with Gasteiger partial charge in [0.25, 0.3) is 0 Å². The number of amides is 1. The molecule has 1 atom stereocenters. The molecule has 0 aromatic rings. The van der Waals surface area contributed by atoms with Gasteiger partial charge in [-0.25, -0.2) is 0 Å². The van der Waals surface area contributed by atoms with E-state index >= 15 is 0 Å². The van der Waals surface area contributed by atoms with Crippen molar-refractivity contribution in [2.24, 2.45) is 5.73 Å². The summed E-state index contributed by atoms with van der Waals surface area (Å²) in [6, 6.07) is 0.371. The van der Waals surface area contributed by atoms with Crippen LogP contribution in [0.4, 0.5) is 0 Å². The summed E-state index contributed by atoms with van der Waals surface area (Å²) in [4.78, 5) is 16.0. The summed E-state index contributed by atoms with van der Waals surface area (Å²) >= 11 is 0. The molecule has 5 heteroatoms. The summed E-state index contributed by atoms with van der Waals surface area (Å²) < 4.78 is 0. The van der Waals surface area contributed by atoms with Crippen LogP contribution >= 0.6 is 0 Å². The molecule has 0 bridgehead atoms. The fourth-order valence-corrected chi connectivity index (χ4v) is 2.49. The van der Waals surface area contributed by atoms with Gasteiger partial charge in [0.05, 0.1) is 6.54 Å². The van der Waals surface area contributed by atoms with Crippen molar-refractivity contribution in [1.82, 2.24) is 9.80 Å². The van der Waals surface area contributed by atoms with Crippen LogP contribution in [-0.2, 0) is 4.79 Å². The molecule has 0 saturated carbocycles. The number of likely N-dealkylation sites (N-methyl/N-ethyl adjacent to an activating group) is 1. The van der Waals surface area contributed by atoms with Gasteiger partial charge in [-0.05, 0) is 38.8 Å². The SMILES string of the molecule is CN(CCCN)C(=O)CN1CCCCC1CCO. The molecule has 1 fully saturated rings. The summed E-state index contributed by atoms with van der Waals surface area (Å²) in [6.45, 7) is 3.01. The van der Waals surface area contributed by atoms with Crippen LogP contribution in [0.25, 0.3) is 0 Å². The topological polar surface area (TPSA) is 69.8 Å². The minimum Gasteiger partial charge on any atom is -0.396 e. The number of nitrogens with zero attached hydrogens (tertiary/aromatic N) is 2. The third-order valence-corrected chi connectivity index (χ3v) is 3.67. The fourth-order valence-electron chi connectivity index (χ4n) is 2.49. The number of likely N-dealkylation sites (tertiary alicyclic amines) is 1. The van der Waals surface area contributed by atoms with Crippen LogP contribution in [0.15, 0.2) is 0 Å². The Labute approximate surface area is 110 Å². The zero-order valence-electron chi connectivity index (χ0n) is 11.5. The maximum absolute atomic E-state index is 12.0. The second kappa shape index (κ2) is 8.45. The van der Waals surface area contributed by atoms with Crippen LogP contribution in [0.2, 0.25) is 0 Å². The molecule has 0 aromatic heterocycles. The first-order valence-corrected chi connectivity index (χ1v) is 6.98. The molecule has 1 unspecified atom stereocenters. The van der Waals surface area contributed by atoms with Crippen molar-refractivity contribution in [2.75, 3.05) is 39.8 Å². The van der Waals surface area contributed by atoms with Gasteiger partial charge in [-0.15, -0.1) is 0 Å². The molecular weight excluding hydrogens is 230 g/mol. The van der Waals surface area contributed by atoms with E-state index in [1.54, 1.807) is 4.90 Å². The Kier molecular flexibility index (Phi) is 7.23. The molecule has 1 saturated heterocycles. The zero-order chi connectivity index (χ0) is 13.4. The molecule has 0 spiro atoms. The number of aliphatic hydroxyl groups is 1. The Morgan fingerprint density at radius 1 is 1.50 bits per heavy atom. The van der Waals surface area contributed by atoms with E-state index in [2.05, 4.69) is 4.90 Å². The lowest BCUT2D eigenvalue weighted by molar-refractivity contribution is -0.132. The number of nitrogens with two attached hydrogens (primary N) is 1. The first-order valence-electron chi connectivity index (χ1n) is 6.98. The largest absolute Gasteiger partial charge is 0.396 e. The number of hydrogen-bond acceptors (Lipinski definition) is 4. The maximum atomic E-state index is 12.0. The second-order valence-electron chi connectivity index (χ2n) is 5.09. The van der Waals surface area contributed by atoms with Gasteiger partial charge < -0.3 is 15.7 Å². The van der Waals surface area contributed by atoms with Gasteiger partial charge in [-0.3, -0.25) is 9.69 Å². The monoisotopic (exact) mass is 257 g/mol. The van der Waals surface area contributed by atoms with Gasteiger partial charge in [-0.2, -0.15) is 0 Å². The number of carbonyl (C=O) groups excluding carboxylic acids is 1. The predicted molar refractivity (Wildman–Crippen MR) is 72.2 cm³/mol. The number of rotatable bonds is 7. The van der Waals surface area contributed by atoms with Crippen LogP contribution in [0.1, 0.15) is 32.1 Å². The normalized spacial score (nSPS) is 20.9. The Morgan fingerprint density at radius 2 is 2.28 bits per heavy atom. The Hall–Kier alpha value is -0.650. The highest BCUT2D eigenvalue weighted by Gasteiger charge is 2.24. The van der Waals surface area contributed by atoms with Crippen molar-refractivity contribution in [3.8, 4) is 0 Å². The fraction of sp³-hybridized carbons (Fsp3) is 0.923. The second-order valence-corrected chi connectivity index (χ2v) is 5.09. The predicted octanol–water partition coefficient (Wildman–Crippen LogP) is 0.0305. The first kappa shape index (κ1) is 15.4. The lowest BCUT2D eigenvalue weighted by Crippen LogP contribution is -2.46. The van der Waals surface area contributed by atoms with Crippen LogP contribution in [0.5, 0.6) is 0 Å². The third-order valence-electron chi connectivity index (χ3n) is 3.67. The summed E-state index contributed by atoms with van der Waals surface area (Å²) in [6.07, 6.45) is 5.09. The quantitative estimate of drug-likeness (QED) is 0.675. The van der Waals surface area contributed by atoms with Crippen molar-refractivity contribution < 1.29 is 9.90 Å². The van der Waals surface area contributed by atoms with Gasteiger partial charge in [-0.1, -0.05) is 6.42 Å². The van der Waals surface area contributed by atoms with Crippen LogP contribution in [0.3, 0.4) is 0 Å².